The number of pyridine rings is 1. The summed E-state index contributed by atoms with van der Waals surface area (Å²) < 4.78 is 13.0. The number of rotatable bonds is 2. The lowest BCUT2D eigenvalue weighted by Crippen LogP contribution is -1.98. The van der Waals surface area contributed by atoms with Crippen LogP contribution in [0.5, 0.6) is 0 Å². The minimum absolute atomic E-state index is 0.384. The summed E-state index contributed by atoms with van der Waals surface area (Å²) in [5, 5.41) is 0. The fourth-order valence-electron chi connectivity index (χ4n) is 1.17. The number of nitrogens with zero attached hydrogens (tertiary/aromatic N) is 3. The topological polar surface area (TPSA) is 56.7 Å². The van der Waals surface area contributed by atoms with Crippen LogP contribution in [0.1, 0.15) is 5.69 Å². The van der Waals surface area contributed by atoms with E-state index in [1.165, 1.54) is 6.20 Å². The molecule has 0 fully saturated rings. The molecule has 0 unspecified atom stereocenters. The highest BCUT2D eigenvalue weighted by atomic mass is 19.2. The number of hydrogen-bond acceptors (Lipinski definition) is 3. The van der Waals surface area contributed by atoms with E-state index in [0.29, 0.717) is 22.6 Å². The van der Waals surface area contributed by atoms with Crippen molar-refractivity contribution in [3.05, 3.63) is 36.5 Å². The van der Waals surface area contributed by atoms with Crippen molar-refractivity contribution in [1.82, 2.24) is 14.8 Å². The summed E-state index contributed by atoms with van der Waals surface area (Å²) >= 11 is 0. The van der Waals surface area contributed by atoms with Crippen LogP contribution in [0.4, 0.5) is 4.48 Å². The van der Waals surface area contributed by atoms with Gasteiger partial charge in [-0.25, -0.2) is 4.98 Å². The van der Waals surface area contributed by atoms with Crippen molar-refractivity contribution >= 4 is 0 Å². The molecule has 0 amide bonds. The Morgan fingerprint density at radius 1 is 1.36 bits per heavy atom. The first-order chi connectivity index (χ1) is 6.81. The van der Waals surface area contributed by atoms with Gasteiger partial charge in [-0.1, -0.05) is 4.48 Å². The predicted octanol–water partition coefficient (Wildman–Crippen LogP) is 1.14. The van der Waals surface area contributed by atoms with Crippen molar-refractivity contribution in [3.8, 4) is 11.3 Å². The molecule has 72 valence electrons. The fraction of sp³-hybridized carbons (Fsp3) is 0.111. The van der Waals surface area contributed by atoms with Gasteiger partial charge in [0.15, 0.2) is 0 Å². The second-order valence-electron chi connectivity index (χ2n) is 2.83. The van der Waals surface area contributed by atoms with Crippen LogP contribution in [-0.4, -0.2) is 14.8 Å². The van der Waals surface area contributed by atoms with Gasteiger partial charge in [0.2, 0.25) is 0 Å². The average Bonchev–Trinajstić information content (AvgIpc) is 2.65. The number of hydrogen-bond donors (Lipinski definition) is 1. The van der Waals surface area contributed by atoms with E-state index in [2.05, 4.69) is 9.97 Å². The Kier molecular flexibility index (Phi) is 2.24. The Morgan fingerprint density at radius 2 is 2.21 bits per heavy atom. The summed E-state index contributed by atoms with van der Waals surface area (Å²) in [7, 11) is 0. The lowest BCUT2D eigenvalue weighted by Gasteiger charge is -1.99. The van der Waals surface area contributed by atoms with Crippen molar-refractivity contribution in [3.63, 3.8) is 0 Å². The largest absolute Gasteiger partial charge is 0.325 e. The molecule has 2 heterocycles. The van der Waals surface area contributed by atoms with E-state index in [1.807, 2.05) is 0 Å². The van der Waals surface area contributed by atoms with Gasteiger partial charge in [-0.2, -0.15) is 4.79 Å². The number of nitrogens with two attached hydrogens (primary N) is 1. The maximum atomic E-state index is 13.0. The van der Waals surface area contributed by atoms with Gasteiger partial charge in [-0.05, 0) is 12.1 Å². The maximum absolute atomic E-state index is 13.0. The highest BCUT2D eigenvalue weighted by Gasteiger charge is 2.04. The lowest BCUT2D eigenvalue weighted by molar-refractivity contribution is 0.374. The average molecular weight is 192 g/mol. The van der Waals surface area contributed by atoms with Gasteiger partial charge in [-0.3, -0.25) is 4.98 Å². The van der Waals surface area contributed by atoms with Crippen LogP contribution in [0.3, 0.4) is 0 Å². The van der Waals surface area contributed by atoms with Crippen molar-refractivity contribution in [1.29, 1.82) is 0 Å². The van der Waals surface area contributed by atoms with Crippen molar-refractivity contribution in [2.75, 3.05) is 0 Å². The lowest BCUT2D eigenvalue weighted by atomic mass is 10.2. The van der Waals surface area contributed by atoms with E-state index in [9.17, 15) is 4.48 Å². The van der Waals surface area contributed by atoms with Crippen molar-refractivity contribution in [2.24, 2.45) is 5.73 Å². The Labute approximate surface area is 80.2 Å². The Balaban J connectivity index is 2.39. The van der Waals surface area contributed by atoms with Crippen molar-refractivity contribution < 1.29 is 4.48 Å². The van der Waals surface area contributed by atoms with Crippen molar-refractivity contribution in [2.45, 2.75) is 6.54 Å². The van der Waals surface area contributed by atoms with Crippen LogP contribution in [0.2, 0.25) is 0 Å². The van der Waals surface area contributed by atoms with Crippen LogP contribution in [0.25, 0.3) is 11.3 Å². The van der Waals surface area contributed by atoms with Crippen LogP contribution in [-0.2, 0) is 6.54 Å². The molecule has 0 aliphatic heterocycles. The zero-order valence-corrected chi connectivity index (χ0v) is 7.39. The molecular weight excluding hydrogens is 183 g/mol. The quantitative estimate of drug-likeness (QED) is 0.776. The summed E-state index contributed by atoms with van der Waals surface area (Å²) in [5.74, 6) is 0. The third-order valence-electron chi connectivity index (χ3n) is 1.92. The highest BCUT2D eigenvalue weighted by Crippen LogP contribution is 2.17. The van der Waals surface area contributed by atoms with Crippen LogP contribution < -0.4 is 5.73 Å². The molecule has 4 nitrogen and oxygen atoms in total. The Morgan fingerprint density at radius 3 is 2.71 bits per heavy atom. The smallest absolute Gasteiger partial charge is 0.127 e. The summed E-state index contributed by atoms with van der Waals surface area (Å²) in [4.78, 5) is 8.20. The molecule has 0 aliphatic rings. The first-order valence-corrected chi connectivity index (χ1v) is 4.15. The fourth-order valence-corrected chi connectivity index (χ4v) is 1.17. The molecule has 14 heavy (non-hydrogen) atoms. The molecule has 2 aromatic rings. The standard InChI is InChI=1S/C9H9FN4/c10-14-6-12-5-9(14)7-1-2-8(3-11)13-4-7/h1-2,4-6H,3,11H2. The third-order valence-corrected chi connectivity index (χ3v) is 1.92. The van der Waals surface area contributed by atoms with Gasteiger partial charge in [0.05, 0.1) is 11.9 Å². The van der Waals surface area contributed by atoms with E-state index in [-0.39, 0.29) is 0 Å². The van der Waals surface area contributed by atoms with Gasteiger partial charge in [0.1, 0.15) is 12.0 Å². The second-order valence-corrected chi connectivity index (χ2v) is 2.83. The molecule has 0 aromatic carbocycles. The zero-order valence-electron chi connectivity index (χ0n) is 7.39. The summed E-state index contributed by atoms with van der Waals surface area (Å²) in [6.45, 7) is 0.384. The molecule has 0 radical (unpaired) electrons. The van der Waals surface area contributed by atoms with Gasteiger partial charge in [0.25, 0.3) is 0 Å². The molecule has 2 N–H and O–H groups in total. The second kappa shape index (κ2) is 3.55. The first kappa shape index (κ1) is 8.83. The predicted molar refractivity (Wildman–Crippen MR) is 49.9 cm³/mol. The minimum atomic E-state index is 0.384. The van der Waals surface area contributed by atoms with E-state index < -0.39 is 0 Å². The number of halogens is 1. The first-order valence-electron chi connectivity index (χ1n) is 4.15. The highest BCUT2D eigenvalue weighted by molar-refractivity contribution is 5.57. The van der Waals surface area contributed by atoms with Gasteiger partial charge < -0.3 is 5.73 Å². The van der Waals surface area contributed by atoms with Gasteiger partial charge in [0, 0.05) is 18.3 Å². The number of imidazole rings is 1. The summed E-state index contributed by atoms with van der Waals surface area (Å²) in [5.41, 5.74) is 7.24. The Bertz CT molecular complexity index is 421. The summed E-state index contributed by atoms with van der Waals surface area (Å²) in [6.07, 6.45) is 4.13. The number of aromatic nitrogens is 3. The van der Waals surface area contributed by atoms with Gasteiger partial charge >= 0.3 is 0 Å². The molecule has 2 rings (SSSR count). The molecular formula is C9H9FN4. The van der Waals surface area contributed by atoms with Crippen LogP contribution >= 0.6 is 0 Å². The third kappa shape index (κ3) is 1.49. The monoisotopic (exact) mass is 192 g/mol. The molecule has 0 saturated heterocycles. The molecule has 2 aromatic heterocycles. The summed E-state index contributed by atoms with van der Waals surface area (Å²) in [6, 6.07) is 3.53. The van der Waals surface area contributed by atoms with E-state index in [4.69, 9.17) is 5.73 Å². The molecule has 0 saturated carbocycles. The minimum Gasteiger partial charge on any atom is -0.325 e. The van der Waals surface area contributed by atoms with Crippen LogP contribution in [0, 0.1) is 0 Å². The SMILES string of the molecule is NCc1ccc(-c2cncn2F)cn1. The molecule has 0 aliphatic carbocycles. The zero-order chi connectivity index (χ0) is 9.97. The molecule has 5 heteroatoms. The van der Waals surface area contributed by atoms with Crippen LogP contribution in [0.15, 0.2) is 30.9 Å². The normalized spacial score (nSPS) is 10.4. The van der Waals surface area contributed by atoms with E-state index in [0.717, 1.165) is 12.0 Å². The molecule has 0 spiro atoms. The van der Waals surface area contributed by atoms with Gasteiger partial charge in [-0.15, -0.1) is 0 Å². The molecule has 0 bridgehead atoms. The van der Waals surface area contributed by atoms with E-state index in [1.54, 1.807) is 18.3 Å². The maximum Gasteiger partial charge on any atom is 0.127 e. The molecule has 0 atom stereocenters. The van der Waals surface area contributed by atoms with E-state index >= 15 is 0 Å². The Hall–Kier alpha value is -1.75.